The molecule has 146 valence electrons. The van der Waals surface area contributed by atoms with Crippen LogP contribution in [0.5, 0.6) is 11.5 Å². The molecule has 1 saturated heterocycles. The van der Waals surface area contributed by atoms with E-state index in [2.05, 4.69) is 51.1 Å². The van der Waals surface area contributed by atoms with Gasteiger partial charge in [-0.3, -0.25) is 4.90 Å². The van der Waals surface area contributed by atoms with Crippen molar-refractivity contribution in [1.82, 2.24) is 4.90 Å². The van der Waals surface area contributed by atoms with Gasteiger partial charge in [-0.05, 0) is 54.2 Å². The number of nitrogens with zero attached hydrogens (tertiary/aromatic N) is 3. The SMILES string of the molecule is S=C1N(c2ccccc2)CN(Cc2ccc3c(c2)OCO3)CN1c1ccccc1. The number of ether oxygens (including phenoxy) is 2. The standard InChI is InChI=1S/C23H21N3O2S/c29-23-25(19-7-3-1-4-8-19)15-24(16-26(23)20-9-5-2-6-10-20)14-18-11-12-21-22(13-18)28-17-27-21/h1-13H,14-17H2. The minimum atomic E-state index is 0.292. The summed E-state index contributed by atoms with van der Waals surface area (Å²) in [7, 11) is 0. The lowest BCUT2D eigenvalue weighted by Gasteiger charge is -2.44. The fraction of sp³-hybridized carbons (Fsp3) is 0.174. The van der Waals surface area contributed by atoms with Crippen LogP contribution in [0.2, 0.25) is 0 Å². The Hall–Kier alpha value is -3.09. The van der Waals surface area contributed by atoms with Crippen LogP contribution >= 0.6 is 12.2 Å². The Kier molecular flexibility index (Phi) is 4.79. The lowest BCUT2D eigenvalue weighted by molar-refractivity contribution is 0.174. The number of hydrogen-bond acceptors (Lipinski definition) is 4. The van der Waals surface area contributed by atoms with E-state index in [1.54, 1.807) is 0 Å². The van der Waals surface area contributed by atoms with Crippen LogP contribution in [0.1, 0.15) is 5.56 Å². The first-order chi connectivity index (χ1) is 14.3. The van der Waals surface area contributed by atoms with Gasteiger partial charge in [0, 0.05) is 17.9 Å². The second kappa shape index (κ2) is 7.73. The second-order valence-electron chi connectivity index (χ2n) is 7.11. The van der Waals surface area contributed by atoms with Gasteiger partial charge < -0.3 is 19.3 Å². The Labute approximate surface area is 175 Å². The van der Waals surface area contributed by atoms with Crippen LogP contribution in [0.15, 0.2) is 78.9 Å². The van der Waals surface area contributed by atoms with Gasteiger partial charge in [0.1, 0.15) is 0 Å². The first-order valence-electron chi connectivity index (χ1n) is 9.58. The van der Waals surface area contributed by atoms with Crippen LogP contribution in [0.4, 0.5) is 11.4 Å². The maximum atomic E-state index is 5.88. The molecule has 0 spiro atoms. The van der Waals surface area contributed by atoms with Crippen molar-refractivity contribution >= 4 is 28.7 Å². The van der Waals surface area contributed by atoms with Crippen molar-refractivity contribution in [3.05, 3.63) is 84.4 Å². The summed E-state index contributed by atoms with van der Waals surface area (Å²) in [6.45, 7) is 2.52. The summed E-state index contributed by atoms with van der Waals surface area (Å²) in [4.78, 5) is 6.73. The van der Waals surface area contributed by atoms with Crippen LogP contribution in [0.3, 0.4) is 0 Å². The van der Waals surface area contributed by atoms with Gasteiger partial charge in [0.15, 0.2) is 16.6 Å². The number of para-hydroxylation sites is 2. The van der Waals surface area contributed by atoms with Gasteiger partial charge in [0.25, 0.3) is 0 Å². The van der Waals surface area contributed by atoms with Crippen molar-refractivity contribution in [3.63, 3.8) is 0 Å². The predicted molar refractivity (Wildman–Crippen MR) is 118 cm³/mol. The lowest BCUT2D eigenvalue weighted by Crippen LogP contribution is -2.58. The molecule has 0 aliphatic carbocycles. The molecule has 0 amide bonds. The smallest absolute Gasteiger partial charge is 0.231 e. The maximum absolute atomic E-state index is 5.88. The zero-order valence-corrected chi connectivity index (χ0v) is 16.7. The number of benzene rings is 3. The summed E-state index contributed by atoms with van der Waals surface area (Å²) in [5, 5.41) is 0.810. The second-order valence-corrected chi connectivity index (χ2v) is 7.47. The molecule has 3 aromatic carbocycles. The summed E-state index contributed by atoms with van der Waals surface area (Å²) < 4.78 is 11.0. The molecule has 1 fully saturated rings. The molecule has 5 rings (SSSR count). The molecule has 2 aliphatic rings. The molecule has 0 atom stereocenters. The zero-order chi connectivity index (χ0) is 19.6. The highest BCUT2D eigenvalue weighted by molar-refractivity contribution is 7.80. The van der Waals surface area contributed by atoms with Crippen LogP contribution in [0.25, 0.3) is 0 Å². The zero-order valence-electron chi connectivity index (χ0n) is 15.9. The van der Waals surface area contributed by atoms with Gasteiger partial charge in [-0.2, -0.15) is 0 Å². The molecule has 0 unspecified atom stereocenters. The van der Waals surface area contributed by atoms with E-state index in [4.69, 9.17) is 21.7 Å². The van der Waals surface area contributed by atoms with E-state index >= 15 is 0 Å². The average Bonchev–Trinajstić information content (AvgIpc) is 3.24. The first-order valence-corrected chi connectivity index (χ1v) is 9.99. The van der Waals surface area contributed by atoms with Gasteiger partial charge in [-0.15, -0.1) is 0 Å². The van der Waals surface area contributed by atoms with Gasteiger partial charge in [-0.25, -0.2) is 0 Å². The van der Waals surface area contributed by atoms with Crippen molar-refractivity contribution in [1.29, 1.82) is 0 Å². The van der Waals surface area contributed by atoms with Crippen molar-refractivity contribution in [3.8, 4) is 11.5 Å². The summed E-state index contributed by atoms with van der Waals surface area (Å²) in [5.41, 5.74) is 3.37. The summed E-state index contributed by atoms with van der Waals surface area (Å²) >= 11 is 5.88. The van der Waals surface area contributed by atoms with E-state index in [1.807, 2.05) is 42.5 Å². The van der Waals surface area contributed by atoms with Crippen molar-refractivity contribution in [2.45, 2.75) is 6.54 Å². The van der Waals surface area contributed by atoms with Gasteiger partial charge >= 0.3 is 0 Å². The molecule has 0 aromatic heterocycles. The van der Waals surface area contributed by atoms with E-state index in [-0.39, 0.29) is 0 Å². The fourth-order valence-electron chi connectivity index (χ4n) is 3.71. The molecule has 0 saturated carbocycles. The van der Waals surface area contributed by atoms with Crippen molar-refractivity contribution in [2.75, 3.05) is 29.9 Å². The molecular formula is C23H21N3O2S. The largest absolute Gasteiger partial charge is 0.454 e. The normalized spacial score (nSPS) is 16.3. The first kappa shape index (κ1) is 18.0. The quantitative estimate of drug-likeness (QED) is 0.598. The highest BCUT2D eigenvalue weighted by Crippen LogP contribution is 2.33. The monoisotopic (exact) mass is 403 g/mol. The third kappa shape index (κ3) is 3.64. The Morgan fingerprint density at radius 3 is 1.93 bits per heavy atom. The number of thiocarbonyl (C=S) groups is 1. The summed E-state index contributed by atoms with van der Waals surface area (Å²) in [5.74, 6) is 1.63. The van der Waals surface area contributed by atoms with Crippen LogP contribution in [0, 0.1) is 0 Å². The molecule has 29 heavy (non-hydrogen) atoms. The molecule has 0 bridgehead atoms. The summed E-state index contributed by atoms with van der Waals surface area (Å²) in [6.07, 6.45) is 0. The highest BCUT2D eigenvalue weighted by atomic mass is 32.1. The predicted octanol–water partition coefficient (Wildman–Crippen LogP) is 4.44. The van der Waals surface area contributed by atoms with E-state index < -0.39 is 0 Å². The molecule has 3 aromatic rings. The Bertz CT molecular complexity index is 962. The van der Waals surface area contributed by atoms with Crippen molar-refractivity contribution < 1.29 is 9.47 Å². The third-order valence-electron chi connectivity index (χ3n) is 5.12. The Balaban J connectivity index is 1.44. The summed E-state index contributed by atoms with van der Waals surface area (Å²) in [6, 6.07) is 26.8. The van der Waals surface area contributed by atoms with Crippen LogP contribution < -0.4 is 19.3 Å². The highest BCUT2D eigenvalue weighted by Gasteiger charge is 2.29. The minimum absolute atomic E-state index is 0.292. The number of hydrogen-bond donors (Lipinski definition) is 0. The third-order valence-corrected chi connectivity index (χ3v) is 5.56. The van der Waals surface area contributed by atoms with E-state index in [0.29, 0.717) is 6.79 Å². The number of rotatable bonds is 4. The number of anilines is 2. The molecule has 0 radical (unpaired) electrons. The molecular weight excluding hydrogens is 382 g/mol. The number of fused-ring (bicyclic) bond motifs is 1. The fourth-order valence-corrected chi connectivity index (χ4v) is 4.04. The molecule has 0 N–H and O–H groups in total. The van der Waals surface area contributed by atoms with E-state index in [1.165, 1.54) is 5.56 Å². The molecule has 5 nitrogen and oxygen atoms in total. The van der Waals surface area contributed by atoms with Crippen LogP contribution in [-0.4, -0.2) is 30.1 Å². The molecule has 2 aliphatic heterocycles. The van der Waals surface area contributed by atoms with Gasteiger partial charge in [-0.1, -0.05) is 42.5 Å². The Morgan fingerprint density at radius 1 is 0.724 bits per heavy atom. The minimum Gasteiger partial charge on any atom is -0.454 e. The average molecular weight is 404 g/mol. The van der Waals surface area contributed by atoms with E-state index in [0.717, 1.165) is 47.9 Å². The maximum Gasteiger partial charge on any atom is 0.231 e. The van der Waals surface area contributed by atoms with Crippen molar-refractivity contribution in [2.24, 2.45) is 0 Å². The lowest BCUT2D eigenvalue weighted by atomic mass is 10.2. The molecule has 6 heteroatoms. The van der Waals surface area contributed by atoms with E-state index in [9.17, 15) is 0 Å². The van der Waals surface area contributed by atoms with Gasteiger partial charge in [0.2, 0.25) is 6.79 Å². The van der Waals surface area contributed by atoms with Gasteiger partial charge in [0.05, 0.1) is 13.3 Å². The molecule has 2 heterocycles. The Morgan fingerprint density at radius 2 is 1.31 bits per heavy atom. The van der Waals surface area contributed by atoms with Crippen LogP contribution in [-0.2, 0) is 6.54 Å². The topological polar surface area (TPSA) is 28.2 Å².